The van der Waals surface area contributed by atoms with Crippen LogP contribution in [0.2, 0.25) is 0 Å². The molecule has 0 aliphatic carbocycles. The molecular weight excluding hydrogens is 328 g/mol. The largest absolute Gasteiger partial charge is 0.360 e. The van der Waals surface area contributed by atoms with Gasteiger partial charge in [-0.2, -0.15) is 0 Å². The van der Waals surface area contributed by atoms with Crippen LogP contribution in [0, 0.1) is 0 Å². The lowest BCUT2D eigenvalue weighted by Gasteiger charge is -2.43. The highest BCUT2D eigenvalue weighted by molar-refractivity contribution is 6.02. The second-order valence-corrected chi connectivity index (χ2v) is 7.35. The minimum atomic E-state index is -0.561. The van der Waals surface area contributed by atoms with Crippen molar-refractivity contribution in [1.82, 2.24) is 15.2 Å². The number of aromatic nitrogens is 1. The first-order valence-electron chi connectivity index (χ1n) is 9.07. The predicted molar refractivity (Wildman–Crippen MR) is 96.5 cm³/mol. The minimum absolute atomic E-state index is 0.0268. The molecule has 3 aliphatic heterocycles. The zero-order chi connectivity index (χ0) is 17.7. The van der Waals surface area contributed by atoms with E-state index in [1.165, 1.54) is 0 Å². The lowest BCUT2D eigenvalue weighted by atomic mass is 9.86. The first-order valence-corrected chi connectivity index (χ1v) is 9.07. The van der Waals surface area contributed by atoms with E-state index in [-0.39, 0.29) is 23.9 Å². The Labute approximate surface area is 151 Å². The van der Waals surface area contributed by atoms with Gasteiger partial charge in [0.05, 0.1) is 18.0 Å². The number of nitrogens with zero attached hydrogens (tertiary/aromatic N) is 2. The Kier molecular flexibility index (Phi) is 3.29. The molecule has 1 aromatic carbocycles. The van der Waals surface area contributed by atoms with Gasteiger partial charge in [-0.25, -0.2) is 0 Å². The summed E-state index contributed by atoms with van der Waals surface area (Å²) in [6.07, 6.45) is 4.64. The maximum Gasteiger partial charge on any atom is 0.255 e. The fraction of sp³-hybridized carbons (Fsp3) is 0.350. The highest BCUT2D eigenvalue weighted by Crippen LogP contribution is 2.46. The van der Waals surface area contributed by atoms with Crippen LogP contribution in [0.5, 0.6) is 0 Å². The molecule has 1 aromatic heterocycles. The molecule has 2 bridgehead atoms. The van der Waals surface area contributed by atoms with Gasteiger partial charge in [0.25, 0.3) is 5.91 Å². The SMILES string of the molecule is O=C1NC2(CC3CCC2N3C(=O)Cc2ccccn2)Nc2ccccc21. The minimum Gasteiger partial charge on any atom is -0.360 e. The van der Waals surface area contributed by atoms with Crippen molar-refractivity contribution in [3.05, 3.63) is 59.9 Å². The molecule has 2 fully saturated rings. The maximum absolute atomic E-state index is 13.0. The number of benzene rings is 1. The normalized spacial score (nSPS) is 28.6. The second-order valence-electron chi connectivity index (χ2n) is 7.35. The van der Waals surface area contributed by atoms with E-state index in [0.29, 0.717) is 12.0 Å². The summed E-state index contributed by atoms with van der Waals surface area (Å²) < 4.78 is 0. The molecule has 3 aliphatic rings. The molecule has 2 saturated heterocycles. The average Bonchev–Trinajstić information content (AvgIpc) is 3.18. The number of carbonyl (C=O) groups excluding carboxylic acids is 2. The first kappa shape index (κ1) is 15.4. The van der Waals surface area contributed by atoms with Crippen molar-refractivity contribution in [2.75, 3.05) is 5.32 Å². The number of hydrogen-bond donors (Lipinski definition) is 2. The molecule has 3 atom stereocenters. The van der Waals surface area contributed by atoms with Gasteiger partial charge in [-0.05, 0) is 37.1 Å². The van der Waals surface area contributed by atoms with Crippen molar-refractivity contribution in [2.24, 2.45) is 0 Å². The quantitative estimate of drug-likeness (QED) is 0.870. The molecule has 6 nitrogen and oxygen atoms in total. The molecule has 2 amide bonds. The van der Waals surface area contributed by atoms with Gasteiger partial charge in [0, 0.05) is 30.0 Å². The Morgan fingerprint density at radius 3 is 2.85 bits per heavy atom. The van der Waals surface area contributed by atoms with Gasteiger partial charge >= 0.3 is 0 Å². The number of hydrogen-bond acceptors (Lipinski definition) is 4. The van der Waals surface area contributed by atoms with Crippen molar-refractivity contribution < 1.29 is 9.59 Å². The van der Waals surface area contributed by atoms with Gasteiger partial charge in [0.1, 0.15) is 5.66 Å². The van der Waals surface area contributed by atoms with E-state index in [1.807, 2.05) is 47.4 Å². The molecular formula is C20H20N4O2. The molecule has 2 aromatic rings. The monoisotopic (exact) mass is 348 g/mol. The Hall–Kier alpha value is -2.89. The van der Waals surface area contributed by atoms with Crippen LogP contribution < -0.4 is 10.6 Å². The Morgan fingerprint density at radius 1 is 1.15 bits per heavy atom. The van der Waals surface area contributed by atoms with Crippen LogP contribution in [0.15, 0.2) is 48.7 Å². The number of pyridine rings is 1. The van der Waals surface area contributed by atoms with Crippen molar-refractivity contribution in [3.63, 3.8) is 0 Å². The van der Waals surface area contributed by atoms with Crippen LogP contribution in [0.4, 0.5) is 5.69 Å². The molecule has 0 saturated carbocycles. The molecule has 0 radical (unpaired) electrons. The van der Waals surface area contributed by atoms with Gasteiger partial charge < -0.3 is 15.5 Å². The van der Waals surface area contributed by atoms with Crippen LogP contribution in [0.25, 0.3) is 0 Å². The van der Waals surface area contributed by atoms with E-state index in [2.05, 4.69) is 15.6 Å². The van der Waals surface area contributed by atoms with Crippen LogP contribution >= 0.6 is 0 Å². The topological polar surface area (TPSA) is 74.3 Å². The number of rotatable bonds is 2. The smallest absolute Gasteiger partial charge is 0.255 e. The van der Waals surface area contributed by atoms with E-state index in [9.17, 15) is 9.59 Å². The highest BCUT2D eigenvalue weighted by Gasteiger charge is 2.59. The Balaban J connectivity index is 1.43. The van der Waals surface area contributed by atoms with Crippen molar-refractivity contribution >= 4 is 17.5 Å². The maximum atomic E-state index is 13.0. The van der Waals surface area contributed by atoms with Crippen LogP contribution in [-0.2, 0) is 11.2 Å². The van der Waals surface area contributed by atoms with Gasteiger partial charge in [0.15, 0.2) is 0 Å². The van der Waals surface area contributed by atoms with Gasteiger partial charge in [0.2, 0.25) is 5.91 Å². The lowest BCUT2D eigenvalue weighted by Crippen LogP contribution is -2.64. The van der Waals surface area contributed by atoms with E-state index in [0.717, 1.165) is 30.6 Å². The summed E-state index contributed by atoms with van der Waals surface area (Å²) in [5, 5.41) is 6.71. The third kappa shape index (κ3) is 2.21. The van der Waals surface area contributed by atoms with Gasteiger partial charge in [-0.15, -0.1) is 0 Å². The van der Waals surface area contributed by atoms with Crippen LogP contribution in [0.3, 0.4) is 0 Å². The molecule has 26 heavy (non-hydrogen) atoms. The Morgan fingerprint density at radius 2 is 2.00 bits per heavy atom. The van der Waals surface area contributed by atoms with Crippen LogP contribution in [0.1, 0.15) is 35.3 Å². The third-order valence-electron chi connectivity index (χ3n) is 5.84. The molecule has 4 heterocycles. The number of fused-ring (bicyclic) bond motifs is 4. The summed E-state index contributed by atoms with van der Waals surface area (Å²) >= 11 is 0. The molecule has 6 heteroatoms. The summed E-state index contributed by atoms with van der Waals surface area (Å²) in [6, 6.07) is 13.3. The summed E-state index contributed by atoms with van der Waals surface area (Å²) in [7, 11) is 0. The van der Waals surface area contributed by atoms with E-state index in [4.69, 9.17) is 0 Å². The summed E-state index contributed by atoms with van der Waals surface area (Å²) in [5.74, 6) is 0.0204. The average molecular weight is 348 g/mol. The second kappa shape index (κ2) is 5.56. The van der Waals surface area contributed by atoms with E-state index >= 15 is 0 Å². The molecule has 132 valence electrons. The van der Waals surface area contributed by atoms with E-state index in [1.54, 1.807) is 6.20 Å². The highest BCUT2D eigenvalue weighted by atomic mass is 16.2. The first-order chi connectivity index (χ1) is 12.7. The van der Waals surface area contributed by atoms with Crippen molar-refractivity contribution in [1.29, 1.82) is 0 Å². The third-order valence-corrected chi connectivity index (χ3v) is 5.84. The van der Waals surface area contributed by atoms with Gasteiger partial charge in [-0.1, -0.05) is 18.2 Å². The predicted octanol–water partition coefficient (Wildman–Crippen LogP) is 1.94. The number of carbonyl (C=O) groups is 2. The summed E-state index contributed by atoms with van der Waals surface area (Å²) in [6.45, 7) is 0. The fourth-order valence-electron chi connectivity index (χ4n) is 4.80. The number of amides is 2. The Bertz CT molecular complexity index is 884. The molecule has 2 N–H and O–H groups in total. The number of anilines is 1. The van der Waals surface area contributed by atoms with Crippen molar-refractivity contribution in [2.45, 2.75) is 43.4 Å². The summed E-state index contributed by atoms with van der Waals surface area (Å²) in [5.41, 5.74) is 1.73. The van der Waals surface area contributed by atoms with E-state index < -0.39 is 5.66 Å². The van der Waals surface area contributed by atoms with Crippen LogP contribution in [-0.4, -0.2) is 39.4 Å². The zero-order valence-corrected chi connectivity index (χ0v) is 14.3. The van der Waals surface area contributed by atoms with Crippen molar-refractivity contribution in [3.8, 4) is 0 Å². The lowest BCUT2D eigenvalue weighted by molar-refractivity contribution is -0.132. The van der Waals surface area contributed by atoms with Gasteiger partial charge in [-0.3, -0.25) is 14.6 Å². The zero-order valence-electron chi connectivity index (χ0n) is 14.3. The fourth-order valence-corrected chi connectivity index (χ4v) is 4.80. The number of para-hydroxylation sites is 1. The molecule has 3 unspecified atom stereocenters. The summed E-state index contributed by atoms with van der Waals surface area (Å²) in [4.78, 5) is 31.9. The number of nitrogens with one attached hydrogen (secondary N) is 2. The molecule has 1 spiro atoms. The molecule has 5 rings (SSSR count). The standard InChI is InChI=1S/C20H20N4O2/c25-18(11-13-5-3-4-10-21-13)24-14-8-9-17(24)20(12-14)22-16-7-2-1-6-15(16)19(26)23-20/h1-7,10,14,17,22H,8-9,11-12H2,(H,23,26).